The van der Waals surface area contributed by atoms with Crippen molar-refractivity contribution in [3.63, 3.8) is 0 Å². The van der Waals surface area contributed by atoms with Crippen LogP contribution in [0.5, 0.6) is 0 Å². The Bertz CT molecular complexity index is 1330. The lowest BCUT2D eigenvalue weighted by molar-refractivity contribution is -0.137. The summed E-state index contributed by atoms with van der Waals surface area (Å²) in [6, 6.07) is 4.31. The third-order valence-electron chi connectivity index (χ3n) is 5.82. The van der Waals surface area contributed by atoms with Crippen molar-refractivity contribution in [3.05, 3.63) is 53.6 Å². The van der Waals surface area contributed by atoms with E-state index in [2.05, 4.69) is 30.9 Å². The summed E-state index contributed by atoms with van der Waals surface area (Å²) in [7, 11) is 0. The topological polar surface area (TPSA) is 152 Å². The lowest BCUT2D eigenvalue weighted by atomic mass is 10.0. The van der Waals surface area contributed by atoms with Crippen molar-refractivity contribution in [2.24, 2.45) is 0 Å². The van der Waals surface area contributed by atoms with Gasteiger partial charge in [0.05, 0.1) is 11.9 Å². The van der Waals surface area contributed by atoms with Gasteiger partial charge in [0, 0.05) is 42.2 Å². The first-order valence-corrected chi connectivity index (χ1v) is 10.6. The number of nitrogens with one attached hydrogen (secondary N) is 2. The standard InChI is InChI=1S/C22H20N8O4/c1-12-20(24-8-7-23-12)16-10-29(28-27-16)11-19(32)25-15-4-2-3-13-14(15)9-30(22(13)34)17-5-6-18(31)26-21(17)33/h2-4,7-8,10,17H,5-6,9,11H2,1H3,(H,25,32)(H,26,31,33). The van der Waals surface area contributed by atoms with Crippen LogP contribution in [-0.2, 0) is 27.5 Å². The van der Waals surface area contributed by atoms with Crippen LogP contribution in [0.2, 0.25) is 0 Å². The molecule has 1 unspecified atom stereocenters. The molecule has 3 aromatic rings. The molecule has 12 nitrogen and oxygen atoms in total. The molecule has 2 aromatic heterocycles. The summed E-state index contributed by atoms with van der Waals surface area (Å²) >= 11 is 0. The number of amides is 4. The van der Waals surface area contributed by atoms with Crippen molar-refractivity contribution in [2.75, 3.05) is 5.32 Å². The average molecular weight is 460 g/mol. The van der Waals surface area contributed by atoms with Crippen LogP contribution >= 0.6 is 0 Å². The number of aromatic nitrogens is 5. The Morgan fingerprint density at radius 1 is 1.21 bits per heavy atom. The molecule has 12 heteroatoms. The van der Waals surface area contributed by atoms with Crippen LogP contribution in [0.15, 0.2) is 36.8 Å². The molecule has 0 spiro atoms. The van der Waals surface area contributed by atoms with E-state index in [9.17, 15) is 19.2 Å². The molecule has 34 heavy (non-hydrogen) atoms. The van der Waals surface area contributed by atoms with Crippen molar-refractivity contribution in [2.45, 2.75) is 38.9 Å². The van der Waals surface area contributed by atoms with Crippen LogP contribution in [0.3, 0.4) is 0 Å². The van der Waals surface area contributed by atoms with E-state index in [0.717, 1.165) is 0 Å². The first-order chi connectivity index (χ1) is 16.4. The molecule has 2 N–H and O–H groups in total. The maximum absolute atomic E-state index is 12.9. The minimum absolute atomic E-state index is 0.0964. The van der Waals surface area contributed by atoms with Gasteiger partial charge < -0.3 is 10.2 Å². The maximum Gasteiger partial charge on any atom is 0.255 e. The van der Waals surface area contributed by atoms with Gasteiger partial charge in [-0.2, -0.15) is 0 Å². The lowest BCUT2D eigenvalue weighted by Crippen LogP contribution is -2.52. The molecule has 1 atom stereocenters. The lowest BCUT2D eigenvalue weighted by Gasteiger charge is -2.29. The molecule has 4 amide bonds. The van der Waals surface area contributed by atoms with Crippen LogP contribution in [-0.4, -0.2) is 59.5 Å². The van der Waals surface area contributed by atoms with E-state index in [4.69, 9.17) is 0 Å². The van der Waals surface area contributed by atoms with E-state index < -0.39 is 11.9 Å². The number of anilines is 1. The number of carbonyl (C=O) groups is 4. The van der Waals surface area contributed by atoms with E-state index in [1.54, 1.807) is 36.8 Å². The number of carbonyl (C=O) groups excluding carboxylic acids is 4. The van der Waals surface area contributed by atoms with Gasteiger partial charge in [-0.25, -0.2) is 4.68 Å². The highest BCUT2D eigenvalue weighted by atomic mass is 16.2. The predicted octanol–water partition coefficient (Wildman–Crippen LogP) is 0.443. The van der Waals surface area contributed by atoms with E-state index in [-0.39, 0.29) is 43.7 Å². The highest BCUT2D eigenvalue weighted by Crippen LogP contribution is 2.32. The van der Waals surface area contributed by atoms with Gasteiger partial charge in [0.15, 0.2) is 0 Å². The first kappa shape index (κ1) is 21.4. The van der Waals surface area contributed by atoms with Gasteiger partial charge >= 0.3 is 0 Å². The van der Waals surface area contributed by atoms with Gasteiger partial charge in [-0.1, -0.05) is 11.3 Å². The molecule has 1 saturated heterocycles. The fraction of sp³-hybridized carbons (Fsp3) is 0.273. The highest BCUT2D eigenvalue weighted by Gasteiger charge is 2.39. The molecule has 5 rings (SSSR count). The monoisotopic (exact) mass is 460 g/mol. The quantitative estimate of drug-likeness (QED) is 0.521. The van der Waals surface area contributed by atoms with Crippen LogP contribution < -0.4 is 10.6 Å². The molecule has 0 bridgehead atoms. The van der Waals surface area contributed by atoms with Crippen molar-refractivity contribution in [1.29, 1.82) is 0 Å². The van der Waals surface area contributed by atoms with Crippen molar-refractivity contribution in [3.8, 4) is 11.4 Å². The normalized spacial score (nSPS) is 17.5. The molecule has 4 heterocycles. The molecule has 0 saturated carbocycles. The fourth-order valence-electron chi connectivity index (χ4n) is 4.18. The number of hydrogen-bond donors (Lipinski definition) is 2. The summed E-state index contributed by atoms with van der Waals surface area (Å²) in [5, 5.41) is 13.2. The Morgan fingerprint density at radius 2 is 2.03 bits per heavy atom. The van der Waals surface area contributed by atoms with Crippen LogP contribution in [0.25, 0.3) is 11.4 Å². The van der Waals surface area contributed by atoms with E-state index in [1.165, 1.54) is 9.58 Å². The second-order valence-corrected chi connectivity index (χ2v) is 8.07. The van der Waals surface area contributed by atoms with Crippen LogP contribution in [0, 0.1) is 6.92 Å². The first-order valence-electron chi connectivity index (χ1n) is 10.6. The summed E-state index contributed by atoms with van der Waals surface area (Å²) in [6.45, 7) is 1.88. The fourth-order valence-corrected chi connectivity index (χ4v) is 4.18. The van der Waals surface area contributed by atoms with Gasteiger partial charge in [-0.05, 0) is 25.5 Å². The SMILES string of the molecule is Cc1nccnc1-c1cn(CC(=O)Nc2cccc3c2CN(C2CCC(=O)NC2=O)C3=O)nn1. The van der Waals surface area contributed by atoms with Gasteiger partial charge in [-0.15, -0.1) is 5.10 Å². The Balaban J connectivity index is 1.30. The molecule has 0 aliphatic carbocycles. The van der Waals surface area contributed by atoms with E-state index in [1.807, 2.05) is 6.92 Å². The maximum atomic E-state index is 12.9. The number of piperidine rings is 1. The second kappa shape index (κ2) is 8.46. The van der Waals surface area contributed by atoms with Crippen LogP contribution in [0.4, 0.5) is 5.69 Å². The molecule has 172 valence electrons. The summed E-state index contributed by atoms with van der Waals surface area (Å²) in [6.07, 6.45) is 5.20. The Hall–Kier alpha value is -4.48. The number of rotatable bonds is 5. The van der Waals surface area contributed by atoms with Gasteiger partial charge in [0.1, 0.15) is 24.0 Å². The number of nitrogens with zero attached hydrogens (tertiary/aromatic N) is 6. The minimum Gasteiger partial charge on any atom is -0.324 e. The molecule has 2 aliphatic rings. The number of hydrogen-bond acceptors (Lipinski definition) is 8. The molecule has 2 aliphatic heterocycles. The zero-order valence-electron chi connectivity index (χ0n) is 18.2. The Kier molecular flexibility index (Phi) is 5.32. The summed E-state index contributed by atoms with van der Waals surface area (Å²) in [5.41, 5.74) is 3.31. The Morgan fingerprint density at radius 3 is 2.82 bits per heavy atom. The third-order valence-corrected chi connectivity index (χ3v) is 5.82. The number of aryl methyl sites for hydroxylation is 1. The number of imide groups is 1. The van der Waals surface area contributed by atoms with Crippen molar-refractivity contribution < 1.29 is 19.2 Å². The second-order valence-electron chi connectivity index (χ2n) is 8.07. The van der Waals surface area contributed by atoms with E-state index in [0.29, 0.717) is 33.9 Å². The zero-order valence-corrected chi connectivity index (χ0v) is 18.2. The summed E-state index contributed by atoms with van der Waals surface area (Å²) in [4.78, 5) is 59.2. The number of fused-ring (bicyclic) bond motifs is 1. The molecule has 1 aromatic carbocycles. The Labute approximate surface area is 193 Å². The zero-order chi connectivity index (χ0) is 23.8. The van der Waals surface area contributed by atoms with Gasteiger partial charge in [0.2, 0.25) is 17.7 Å². The highest BCUT2D eigenvalue weighted by molar-refractivity contribution is 6.06. The largest absolute Gasteiger partial charge is 0.324 e. The molecular formula is C22H20N8O4. The molecular weight excluding hydrogens is 440 g/mol. The molecule has 1 fully saturated rings. The van der Waals surface area contributed by atoms with Crippen molar-refractivity contribution >= 4 is 29.3 Å². The minimum atomic E-state index is -0.723. The third kappa shape index (κ3) is 3.89. The van der Waals surface area contributed by atoms with E-state index >= 15 is 0 Å². The predicted molar refractivity (Wildman–Crippen MR) is 117 cm³/mol. The molecule has 0 radical (unpaired) electrons. The summed E-state index contributed by atoms with van der Waals surface area (Å²) in [5.74, 6) is -1.49. The summed E-state index contributed by atoms with van der Waals surface area (Å²) < 4.78 is 1.39. The van der Waals surface area contributed by atoms with Crippen molar-refractivity contribution in [1.82, 2.24) is 35.2 Å². The van der Waals surface area contributed by atoms with Crippen LogP contribution in [0.1, 0.15) is 34.5 Å². The number of benzene rings is 1. The van der Waals surface area contributed by atoms with Gasteiger partial charge in [0.25, 0.3) is 5.91 Å². The average Bonchev–Trinajstić information content (AvgIpc) is 3.39. The van der Waals surface area contributed by atoms with Gasteiger partial charge in [-0.3, -0.25) is 34.5 Å². The smallest absolute Gasteiger partial charge is 0.255 e.